The molecule has 4 heteroatoms. The fourth-order valence-corrected chi connectivity index (χ4v) is 1.96. The van der Waals surface area contributed by atoms with Crippen molar-refractivity contribution in [2.24, 2.45) is 0 Å². The van der Waals surface area contributed by atoms with Gasteiger partial charge in [0.25, 0.3) is 0 Å². The molecule has 0 unspecified atom stereocenters. The van der Waals surface area contributed by atoms with E-state index >= 15 is 0 Å². The summed E-state index contributed by atoms with van der Waals surface area (Å²) in [5, 5.41) is 8.88. The maximum atomic E-state index is 11.8. The minimum Gasteiger partial charge on any atom is -0.478 e. The first-order valence-corrected chi connectivity index (χ1v) is 5.30. The lowest BCUT2D eigenvalue weighted by Gasteiger charge is -2.17. The van der Waals surface area contributed by atoms with E-state index in [1.54, 1.807) is 17.0 Å². The second-order valence-electron chi connectivity index (χ2n) is 4.26. The number of amides is 1. The number of rotatable bonds is 3. The Kier molecular flexibility index (Phi) is 2.71. The van der Waals surface area contributed by atoms with Crippen LogP contribution in [-0.2, 0) is 11.2 Å². The van der Waals surface area contributed by atoms with E-state index in [1.165, 1.54) is 6.07 Å². The third-order valence-electron chi connectivity index (χ3n) is 2.69. The van der Waals surface area contributed by atoms with Gasteiger partial charge in [0.1, 0.15) is 0 Å². The van der Waals surface area contributed by atoms with E-state index in [2.05, 4.69) is 6.58 Å². The summed E-state index contributed by atoms with van der Waals surface area (Å²) in [6.45, 7) is 6.13. The Balaban J connectivity index is 2.38. The van der Waals surface area contributed by atoms with Crippen LogP contribution in [0.5, 0.6) is 0 Å². The molecule has 2 rings (SSSR count). The van der Waals surface area contributed by atoms with E-state index in [1.807, 2.05) is 6.92 Å². The number of aromatic carboxylic acids is 1. The molecule has 0 atom stereocenters. The number of carboxylic acids is 1. The molecule has 0 bridgehead atoms. The van der Waals surface area contributed by atoms with Gasteiger partial charge in [0.05, 0.1) is 12.0 Å². The van der Waals surface area contributed by atoms with Gasteiger partial charge in [-0.15, -0.1) is 0 Å². The first kappa shape index (κ1) is 11.4. The van der Waals surface area contributed by atoms with Crippen LogP contribution >= 0.6 is 0 Å². The number of carboxylic acid groups (broad SMARTS) is 1. The lowest BCUT2D eigenvalue weighted by molar-refractivity contribution is -0.117. The summed E-state index contributed by atoms with van der Waals surface area (Å²) in [4.78, 5) is 24.3. The van der Waals surface area contributed by atoms with Gasteiger partial charge in [0, 0.05) is 12.2 Å². The normalized spacial score (nSPS) is 13.7. The molecule has 1 aliphatic heterocycles. The Morgan fingerprint density at radius 2 is 2.24 bits per heavy atom. The number of anilines is 1. The summed E-state index contributed by atoms with van der Waals surface area (Å²) in [5.74, 6) is -0.982. The van der Waals surface area contributed by atoms with Crippen molar-refractivity contribution in [3.8, 4) is 0 Å². The van der Waals surface area contributed by atoms with Crippen molar-refractivity contribution >= 4 is 17.6 Å². The molecule has 0 aromatic heterocycles. The quantitative estimate of drug-likeness (QED) is 0.808. The Hall–Kier alpha value is -2.10. The minimum absolute atomic E-state index is 0.00876. The fourth-order valence-electron chi connectivity index (χ4n) is 1.96. The first-order valence-electron chi connectivity index (χ1n) is 5.30. The summed E-state index contributed by atoms with van der Waals surface area (Å²) < 4.78 is 0. The van der Waals surface area contributed by atoms with Crippen molar-refractivity contribution < 1.29 is 14.7 Å². The Morgan fingerprint density at radius 1 is 1.53 bits per heavy atom. The van der Waals surface area contributed by atoms with Crippen LogP contribution in [0.4, 0.5) is 5.69 Å². The number of nitrogens with zero attached hydrogens (tertiary/aromatic N) is 1. The number of carbonyl (C=O) groups is 2. The van der Waals surface area contributed by atoms with Gasteiger partial charge < -0.3 is 10.0 Å². The van der Waals surface area contributed by atoms with Crippen LogP contribution in [0, 0.1) is 0 Å². The maximum Gasteiger partial charge on any atom is 0.335 e. The van der Waals surface area contributed by atoms with Crippen LogP contribution < -0.4 is 4.90 Å². The lowest BCUT2D eigenvalue weighted by atomic mass is 10.1. The zero-order valence-corrected chi connectivity index (χ0v) is 9.56. The topological polar surface area (TPSA) is 57.6 Å². The summed E-state index contributed by atoms with van der Waals surface area (Å²) in [6, 6.07) is 4.77. The second kappa shape index (κ2) is 4.05. The number of carbonyl (C=O) groups excluding carboxylic acids is 1. The molecule has 0 saturated heterocycles. The molecule has 4 nitrogen and oxygen atoms in total. The molecule has 0 aliphatic carbocycles. The van der Waals surface area contributed by atoms with Gasteiger partial charge in [0.15, 0.2) is 0 Å². The van der Waals surface area contributed by atoms with Gasteiger partial charge in [-0.1, -0.05) is 12.2 Å². The largest absolute Gasteiger partial charge is 0.478 e. The molecule has 1 aliphatic rings. The van der Waals surface area contributed by atoms with Gasteiger partial charge in [-0.2, -0.15) is 0 Å². The lowest BCUT2D eigenvalue weighted by Crippen LogP contribution is -2.28. The third-order valence-corrected chi connectivity index (χ3v) is 2.69. The number of hydrogen-bond donors (Lipinski definition) is 1. The van der Waals surface area contributed by atoms with Crippen molar-refractivity contribution in [1.82, 2.24) is 0 Å². The Bertz CT molecular complexity index is 519. The predicted molar refractivity (Wildman–Crippen MR) is 64.3 cm³/mol. The molecular formula is C13H13NO3. The highest BCUT2D eigenvalue weighted by atomic mass is 16.4. The highest BCUT2D eigenvalue weighted by Gasteiger charge is 2.27. The van der Waals surface area contributed by atoms with Crippen LogP contribution in [0.2, 0.25) is 0 Å². The number of fused-ring (bicyclic) bond motifs is 1. The van der Waals surface area contributed by atoms with Crippen molar-refractivity contribution in [1.29, 1.82) is 0 Å². The summed E-state index contributed by atoms with van der Waals surface area (Å²) in [6.07, 6.45) is 0.268. The van der Waals surface area contributed by atoms with Gasteiger partial charge in [-0.25, -0.2) is 4.79 Å². The highest BCUT2D eigenvalue weighted by Crippen LogP contribution is 2.30. The average Bonchev–Trinajstić information content (AvgIpc) is 2.54. The predicted octanol–water partition coefficient (Wildman–Crippen LogP) is 1.85. The van der Waals surface area contributed by atoms with E-state index < -0.39 is 5.97 Å². The highest BCUT2D eigenvalue weighted by molar-refractivity contribution is 6.02. The molecule has 88 valence electrons. The van der Waals surface area contributed by atoms with E-state index in [9.17, 15) is 9.59 Å². The van der Waals surface area contributed by atoms with Crippen LogP contribution in [0.1, 0.15) is 22.8 Å². The fraction of sp³-hybridized carbons (Fsp3) is 0.231. The van der Waals surface area contributed by atoms with Gasteiger partial charge in [-0.3, -0.25) is 4.79 Å². The van der Waals surface area contributed by atoms with E-state index in [4.69, 9.17) is 5.11 Å². The molecule has 17 heavy (non-hydrogen) atoms. The molecule has 0 fully saturated rings. The first-order chi connectivity index (χ1) is 7.99. The molecule has 0 spiro atoms. The van der Waals surface area contributed by atoms with Crippen molar-refractivity contribution in [3.05, 3.63) is 41.5 Å². The summed E-state index contributed by atoms with van der Waals surface area (Å²) in [5.41, 5.74) is 2.68. The third kappa shape index (κ3) is 2.06. The zero-order chi connectivity index (χ0) is 12.6. The molecule has 1 N–H and O–H groups in total. The minimum atomic E-state index is -0.974. The zero-order valence-electron chi connectivity index (χ0n) is 9.56. The van der Waals surface area contributed by atoms with Crippen LogP contribution in [0.3, 0.4) is 0 Å². The van der Waals surface area contributed by atoms with Crippen LogP contribution in [0.15, 0.2) is 30.4 Å². The van der Waals surface area contributed by atoms with E-state index in [-0.39, 0.29) is 17.9 Å². The maximum absolute atomic E-state index is 11.8. The van der Waals surface area contributed by atoms with Gasteiger partial charge in [-0.05, 0) is 30.7 Å². The SMILES string of the molecule is C=C(C)CN1C(=O)Cc2cc(C(=O)O)ccc21. The number of hydrogen-bond acceptors (Lipinski definition) is 2. The number of benzene rings is 1. The molecular weight excluding hydrogens is 218 g/mol. The molecule has 1 amide bonds. The van der Waals surface area contributed by atoms with Crippen molar-refractivity contribution in [3.63, 3.8) is 0 Å². The average molecular weight is 231 g/mol. The standard InChI is InChI=1S/C13H13NO3/c1-8(2)7-14-11-4-3-9(13(16)17)5-10(11)6-12(14)15/h3-5H,1,6-7H2,2H3,(H,16,17). The Labute approximate surface area is 99.2 Å². The van der Waals surface area contributed by atoms with E-state index in [0.29, 0.717) is 6.54 Å². The second-order valence-corrected chi connectivity index (χ2v) is 4.26. The van der Waals surface area contributed by atoms with Gasteiger partial charge >= 0.3 is 5.97 Å². The summed E-state index contributed by atoms with van der Waals surface area (Å²) in [7, 11) is 0. The van der Waals surface area contributed by atoms with Crippen LogP contribution in [0.25, 0.3) is 0 Å². The molecule has 0 radical (unpaired) electrons. The van der Waals surface area contributed by atoms with Crippen molar-refractivity contribution in [2.75, 3.05) is 11.4 Å². The monoisotopic (exact) mass is 231 g/mol. The smallest absolute Gasteiger partial charge is 0.335 e. The van der Waals surface area contributed by atoms with Crippen molar-refractivity contribution in [2.45, 2.75) is 13.3 Å². The molecule has 0 saturated carbocycles. The summed E-state index contributed by atoms with van der Waals surface area (Å²) >= 11 is 0. The Morgan fingerprint density at radius 3 is 2.82 bits per heavy atom. The molecule has 1 aromatic carbocycles. The molecule has 1 heterocycles. The van der Waals surface area contributed by atoms with Crippen LogP contribution in [-0.4, -0.2) is 23.5 Å². The van der Waals surface area contributed by atoms with E-state index in [0.717, 1.165) is 16.8 Å². The van der Waals surface area contributed by atoms with Gasteiger partial charge in [0.2, 0.25) is 5.91 Å². The molecule has 1 aromatic rings.